The molecule has 3 heteroatoms. The summed E-state index contributed by atoms with van der Waals surface area (Å²) in [6.45, 7) is 9.87. The molecule has 0 bridgehead atoms. The number of carbonyl (C=O) groups is 1. The van der Waals surface area contributed by atoms with E-state index < -0.39 is 0 Å². The molecule has 116 valence electrons. The van der Waals surface area contributed by atoms with E-state index in [0.29, 0.717) is 17.2 Å². The molecule has 1 saturated heterocycles. The molecule has 2 unspecified atom stereocenters. The Morgan fingerprint density at radius 1 is 1.30 bits per heavy atom. The Balaban J connectivity index is 2.10. The topological polar surface area (TPSA) is 32.3 Å². The molecule has 1 saturated carbocycles. The maximum absolute atomic E-state index is 12.6. The van der Waals surface area contributed by atoms with Gasteiger partial charge in [0.1, 0.15) is 0 Å². The summed E-state index contributed by atoms with van der Waals surface area (Å²) in [7, 11) is 0. The van der Waals surface area contributed by atoms with Crippen LogP contribution in [0.2, 0.25) is 0 Å². The van der Waals surface area contributed by atoms with Crippen molar-refractivity contribution >= 4 is 5.91 Å². The first-order valence-corrected chi connectivity index (χ1v) is 8.58. The molecule has 2 atom stereocenters. The van der Waals surface area contributed by atoms with Crippen molar-refractivity contribution < 1.29 is 4.79 Å². The van der Waals surface area contributed by atoms with Crippen LogP contribution in [0.15, 0.2) is 0 Å². The van der Waals surface area contributed by atoms with Gasteiger partial charge >= 0.3 is 0 Å². The Bertz CT molecular complexity index is 334. The Morgan fingerprint density at radius 3 is 2.45 bits per heavy atom. The zero-order valence-electron chi connectivity index (χ0n) is 13.7. The fourth-order valence-electron chi connectivity index (χ4n) is 3.98. The van der Waals surface area contributed by atoms with Crippen molar-refractivity contribution in [3.63, 3.8) is 0 Å². The van der Waals surface area contributed by atoms with Crippen molar-refractivity contribution in [2.45, 2.75) is 84.8 Å². The van der Waals surface area contributed by atoms with Crippen molar-refractivity contribution in [2.24, 2.45) is 11.3 Å². The van der Waals surface area contributed by atoms with Crippen LogP contribution >= 0.6 is 0 Å². The van der Waals surface area contributed by atoms with Crippen LogP contribution in [0, 0.1) is 11.3 Å². The molecule has 2 rings (SSSR count). The normalized spacial score (nSPS) is 29.6. The molecule has 0 aromatic carbocycles. The number of amides is 1. The molecule has 0 spiro atoms. The zero-order valence-corrected chi connectivity index (χ0v) is 13.7. The second-order valence-corrected chi connectivity index (χ2v) is 7.30. The van der Waals surface area contributed by atoms with Crippen LogP contribution in [0.3, 0.4) is 0 Å². The average Bonchev–Trinajstić information content (AvgIpc) is 2.99. The van der Waals surface area contributed by atoms with Gasteiger partial charge in [0.25, 0.3) is 0 Å². The largest absolute Gasteiger partial charge is 0.325 e. The van der Waals surface area contributed by atoms with E-state index in [-0.39, 0.29) is 12.2 Å². The third-order valence-corrected chi connectivity index (χ3v) is 5.37. The van der Waals surface area contributed by atoms with Gasteiger partial charge in [-0.15, -0.1) is 0 Å². The van der Waals surface area contributed by atoms with Crippen molar-refractivity contribution in [1.82, 2.24) is 10.2 Å². The van der Waals surface area contributed by atoms with Gasteiger partial charge < -0.3 is 4.90 Å². The Hall–Kier alpha value is -0.570. The second-order valence-electron chi connectivity index (χ2n) is 7.30. The van der Waals surface area contributed by atoms with Crippen LogP contribution < -0.4 is 5.32 Å². The van der Waals surface area contributed by atoms with E-state index in [1.807, 2.05) is 0 Å². The fraction of sp³-hybridized carbons (Fsp3) is 0.941. The highest BCUT2D eigenvalue weighted by Gasteiger charge is 2.43. The maximum Gasteiger partial charge on any atom is 0.241 e. The lowest BCUT2D eigenvalue weighted by Gasteiger charge is -2.36. The summed E-state index contributed by atoms with van der Waals surface area (Å²) in [6.07, 6.45) is 8.74. The molecule has 1 aliphatic heterocycles. The summed E-state index contributed by atoms with van der Waals surface area (Å²) in [4.78, 5) is 14.8. The molecule has 20 heavy (non-hydrogen) atoms. The first-order valence-electron chi connectivity index (χ1n) is 8.58. The minimum absolute atomic E-state index is 0.0501. The number of carbonyl (C=O) groups excluding carboxylic acids is 1. The van der Waals surface area contributed by atoms with Crippen LogP contribution in [-0.4, -0.2) is 29.6 Å². The zero-order chi connectivity index (χ0) is 14.8. The van der Waals surface area contributed by atoms with Gasteiger partial charge in [-0.2, -0.15) is 0 Å². The summed E-state index contributed by atoms with van der Waals surface area (Å²) in [6, 6.07) is 0.0501. The molecule has 1 heterocycles. The van der Waals surface area contributed by atoms with Crippen molar-refractivity contribution in [3.05, 3.63) is 0 Å². The summed E-state index contributed by atoms with van der Waals surface area (Å²) in [5, 5.41) is 3.56. The molecule has 2 fully saturated rings. The summed E-state index contributed by atoms with van der Waals surface area (Å²) >= 11 is 0. The van der Waals surface area contributed by atoms with Crippen LogP contribution in [0.4, 0.5) is 0 Å². The highest BCUT2D eigenvalue weighted by atomic mass is 16.2. The number of hydrogen-bond acceptors (Lipinski definition) is 2. The fourth-order valence-corrected chi connectivity index (χ4v) is 3.98. The molecule has 0 aromatic rings. The molecule has 0 aromatic heterocycles. The third-order valence-electron chi connectivity index (χ3n) is 5.37. The Kier molecular flexibility index (Phi) is 5.11. The Morgan fingerprint density at radius 2 is 1.95 bits per heavy atom. The summed E-state index contributed by atoms with van der Waals surface area (Å²) in [5.74, 6) is 0.970. The van der Waals surface area contributed by atoms with E-state index in [1.54, 1.807) is 0 Å². The van der Waals surface area contributed by atoms with Gasteiger partial charge in [0.15, 0.2) is 0 Å². The predicted molar refractivity (Wildman–Crippen MR) is 83.4 cm³/mol. The quantitative estimate of drug-likeness (QED) is 0.807. The molecule has 2 aliphatic rings. The summed E-state index contributed by atoms with van der Waals surface area (Å²) in [5.41, 5.74) is 0.398. The lowest BCUT2D eigenvalue weighted by Crippen LogP contribution is -2.44. The standard InChI is InChI=1S/C17H32N2O/c1-5-14-16(20)19(15(18-14)11-13(3)4)12-17(6-2)9-7-8-10-17/h13-15,18H,5-12H2,1-4H3. The van der Waals surface area contributed by atoms with Crippen LogP contribution in [0.25, 0.3) is 0 Å². The summed E-state index contributed by atoms with van der Waals surface area (Å²) < 4.78 is 0. The monoisotopic (exact) mass is 280 g/mol. The van der Waals surface area contributed by atoms with Crippen molar-refractivity contribution in [2.75, 3.05) is 6.54 Å². The van der Waals surface area contributed by atoms with Gasteiger partial charge in [-0.1, -0.05) is 40.5 Å². The van der Waals surface area contributed by atoms with Gasteiger partial charge in [0.2, 0.25) is 5.91 Å². The van der Waals surface area contributed by atoms with Crippen molar-refractivity contribution in [3.8, 4) is 0 Å². The molecule has 1 aliphatic carbocycles. The number of nitrogens with zero attached hydrogens (tertiary/aromatic N) is 1. The minimum atomic E-state index is 0.0501. The van der Waals surface area contributed by atoms with Crippen LogP contribution in [0.5, 0.6) is 0 Å². The first kappa shape index (κ1) is 15.8. The first-order chi connectivity index (χ1) is 9.51. The van der Waals surface area contributed by atoms with Gasteiger partial charge in [-0.25, -0.2) is 0 Å². The third kappa shape index (κ3) is 3.19. The molecule has 1 N–H and O–H groups in total. The van der Waals surface area contributed by atoms with Crippen molar-refractivity contribution in [1.29, 1.82) is 0 Å². The van der Waals surface area contributed by atoms with E-state index in [1.165, 1.54) is 32.1 Å². The molecular formula is C17H32N2O. The number of rotatable bonds is 6. The highest BCUT2D eigenvalue weighted by Crippen LogP contribution is 2.42. The lowest BCUT2D eigenvalue weighted by atomic mass is 9.82. The molecule has 0 radical (unpaired) electrons. The SMILES string of the molecule is CCC1NC(CC(C)C)N(CC2(CC)CCCC2)C1=O. The molecule has 1 amide bonds. The van der Waals surface area contributed by atoms with E-state index in [2.05, 4.69) is 37.9 Å². The maximum atomic E-state index is 12.6. The molecular weight excluding hydrogens is 248 g/mol. The molecule has 3 nitrogen and oxygen atoms in total. The van der Waals surface area contributed by atoms with E-state index in [0.717, 1.165) is 19.4 Å². The van der Waals surface area contributed by atoms with Gasteiger partial charge in [0, 0.05) is 6.54 Å². The predicted octanol–water partition coefficient (Wildman–Crippen LogP) is 3.54. The van der Waals surface area contributed by atoms with Gasteiger partial charge in [-0.05, 0) is 43.4 Å². The van der Waals surface area contributed by atoms with Crippen LogP contribution in [-0.2, 0) is 4.79 Å². The van der Waals surface area contributed by atoms with E-state index in [4.69, 9.17) is 0 Å². The van der Waals surface area contributed by atoms with Crippen LogP contribution in [0.1, 0.15) is 72.6 Å². The average molecular weight is 280 g/mol. The number of hydrogen-bond donors (Lipinski definition) is 1. The smallest absolute Gasteiger partial charge is 0.241 e. The Labute approximate surface area is 124 Å². The lowest BCUT2D eigenvalue weighted by molar-refractivity contribution is -0.131. The second kappa shape index (κ2) is 6.46. The van der Waals surface area contributed by atoms with E-state index >= 15 is 0 Å². The minimum Gasteiger partial charge on any atom is -0.325 e. The highest BCUT2D eigenvalue weighted by molar-refractivity contribution is 5.84. The van der Waals surface area contributed by atoms with E-state index in [9.17, 15) is 4.79 Å². The van der Waals surface area contributed by atoms with Gasteiger partial charge in [-0.3, -0.25) is 10.1 Å². The number of nitrogens with one attached hydrogen (secondary N) is 1. The van der Waals surface area contributed by atoms with Gasteiger partial charge in [0.05, 0.1) is 12.2 Å².